The summed E-state index contributed by atoms with van der Waals surface area (Å²) < 4.78 is 28.9. The largest absolute Gasteiger partial charge is 0.493 e. The lowest BCUT2D eigenvalue weighted by atomic mass is 9.51. The van der Waals surface area contributed by atoms with Crippen molar-refractivity contribution >= 4 is 27.8 Å². The smallest absolute Gasteiger partial charge is 0.264 e. The van der Waals surface area contributed by atoms with Crippen LogP contribution in [0.5, 0.6) is 5.88 Å². The maximum Gasteiger partial charge on any atom is 0.264 e. The van der Waals surface area contributed by atoms with E-state index in [0.29, 0.717) is 5.69 Å². The van der Waals surface area contributed by atoms with Crippen LogP contribution in [0.3, 0.4) is 0 Å². The number of anilines is 1. The standard InChI is InChI=1S/C31H37N5O5S/c1-18(2)28(38)32-22-14-31(15-22)16-23(17-31)36(5)29(39)21-10-7-11-24(12-21)42(40,41)35-30-33-25(13-26(37)34-30)27-19(3)8-6-9-20(27)4/h6-13,18,22-23H,14-17H2,1-5H3,(H,32,38)(H2,33,34,35,37)/t22-,23-,31?. The highest BCUT2D eigenvalue weighted by Crippen LogP contribution is 2.57. The van der Waals surface area contributed by atoms with Crippen molar-refractivity contribution < 1.29 is 23.1 Å². The monoisotopic (exact) mass is 591 g/mol. The molecule has 0 saturated heterocycles. The molecule has 0 atom stereocenters. The van der Waals surface area contributed by atoms with E-state index in [1.54, 1.807) is 18.0 Å². The summed E-state index contributed by atoms with van der Waals surface area (Å²) >= 11 is 0. The van der Waals surface area contributed by atoms with E-state index in [1.165, 1.54) is 24.3 Å². The van der Waals surface area contributed by atoms with E-state index in [0.717, 1.165) is 42.4 Å². The second-order valence-corrected chi connectivity index (χ2v) is 13.8. The van der Waals surface area contributed by atoms with Gasteiger partial charge >= 0.3 is 0 Å². The quantitative estimate of drug-likeness (QED) is 0.352. The zero-order chi connectivity index (χ0) is 30.4. The van der Waals surface area contributed by atoms with Gasteiger partial charge in [0.2, 0.25) is 17.7 Å². The number of aryl methyl sites for hydroxylation is 2. The van der Waals surface area contributed by atoms with Gasteiger partial charge in [0.15, 0.2) is 0 Å². The number of aromatic nitrogens is 2. The molecule has 0 radical (unpaired) electrons. The molecule has 2 aromatic carbocycles. The summed E-state index contributed by atoms with van der Waals surface area (Å²) in [5, 5.41) is 13.3. The molecule has 2 amide bonds. The Morgan fingerprint density at radius 3 is 2.29 bits per heavy atom. The Labute approximate surface area is 246 Å². The molecule has 2 saturated carbocycles. The molecule has 222 valence electrons. The molecule has 2 aliphatic carbocycles. The predicted molar refractivity (Wildman–Crippen MR) is 159 cm³/mol. The lowest BCUT2D eigenvalue weighted by Gasteiger charge is -2.59. The maximum atomic E-state index is 13.3. The van der Waals surface area contributed by atoms with Crippen molar-refractivity contribution in [2.45, 2.75) is 70.4 Å². The molecule has 5 rings (SSSR count). The number of carbonyl (C=O) groups excluding carboxylic acids is 2. The molecule has 2 fully saturated rings. The van der Waals surface area contributed by atoms with Crippen LogP contribution in [-0.4, -0.2) is 59.3 Å². The van der Waals surface area contributed by atoms with Gasteiger partial charge in [-0.05, 0) is 74.3 Å². The molecule has 0 aliphatic heterocycles. The molecule has 2 aliphatic rings. The van der Waals surface area contributed by atoms with Crippen molar-refractivity contribution in [1.82, 2.24) is 20.2 Å². The SMILES string of the molecule is Cc1cccc(C)c1-c1cc(O)nc(NS(=O)(=O)c2cccc(C(=O)N(C)[C@H]3CC4(C[C@H](NC(=O)C(C)C)C4)C3)c2)n1. The molecular weight excluding hydrogens is 554 g/mol. The van der Waals surface area contributed by atoms with Gasteiger partial charge in [-0.2, -0.15) is 4.98 Å². The number of hydrogen-bond donors (Lipinski definition) is 3. The number of sulfonamides is 1. The molecule has 42 heavy (non-hydrogen) atoms. The van der Waals surface area contributed by atoms with Gasteiger partial charge in [0.1, 0.15) is 0 Å². The third kappa shape index (κ3) is 5.83. The fourth-order valence-electron chi connectivity index (χ4n) is 6.17. The number of amides is 2. The van der Waals surface area contributed by atoms with Gasteiger partial charge in [-0.15, -0.1) is 0 Å². The minimum Gasteiger partial charge on any atom is -0.493 e. The van der Waals surface area contributed by atoms with E-state index in [4.69, 9.17) is 0 Å². The molecule has 3 N–H and O–H groups in total. The number of benzene rings is 2. The molecule has 3 aromatic rings. The average molecular weight is 592 g/mol. The first-order valence-corrected chi connectivity index (χ1v) is 15.6. The Morgan fingerprint density at radius 1 is 1.00 bits per heavy atom. The van der Waals surface area contributed by atoms with Gasteiger partial charge in [-0.1, -0.05) is 38.1 Å². The summed E-state index contributed by atoms with van der Waals surface area (Å²) in [6.07, 6.45) is 3.57. The summed E-state index contributed by atoms with van der Waals surface area (Å²) in [4.78, 5) is 35.1. The van der Waals surface area contributed by atoms with Crippen LogP contribution in [0.1, 0.15) is 61.0 Å². The van der Waals surface area contributed by atoms with Crippen LogP contribution in [0.2, 0.25) is 0 Å². The zero-order valence-corrected chi connectivity index (χ0v) is 25.3. The summed E-state index contributed by atoms with van der Waals surface area (Å²) in [6, 6.07) is 13.2. The van der Waals surface area contributed by atoms with E-state index < -0.39 is 10.0 Å². The third-order valence-corrected chi connectivity index (χ3v) is 9.83. The average Bonchev–Trinajstić information content (AvgIpc) is 2.87. The highest BCUT2D eigenvalue weighted by molar-refractivity contribution is 7.92. The van der Waals surface area contributed by atoms with Crippen molar-refractivity contribution in [3.05, 3.63) is 65.2 Å². The van der Waals surface area contributed by atoms with E-state index in [1.807, 2.05) is 45.9 Å². The van der Waals surface area contributed by atoms with Crippen LogP contribution in [0, 0.1) is 25.2 Å². The minimum absolute atomic E-state index is 0.0399. The number of hydrogen-bond acceptors (Lipinski definition) is 7. The normalized spacial score (nSPS) is 21.4. The Balaban J connectivity index is 1.26. The number of nitrogens with zero attached hydrogens (tertiary/aromatic N) is 3. The Hall–Kier alpha value is -3.99. The molecule has 1 aromatic heterocycles. The first kappa shape index (κ1) is 29.5. The van der Waals surface area contributed by atoms with Crippen molar-refractivity contribution in [1.29, 1.82) is 0 Å². The lowest BCUT2D eigenvalue weighted by Crippen LogP contribution is -2.61. The molecule has 0 bridgehead atoms. The Bertz CT molecular complexity index is 1620. The molecule has 0 unspecified atom stereocenters. The number of nitrogens with one attached hydrogen (secondary N) is 2. The van der Waals surface area contributed by atoms with Gasteiger partial charge in [0, 0.05) is 42.2 Å². The van der Waals surface area contributed by atoms with Crippen LogP contribution < -0.4 is 10.0 Å². The fraction of sp³-hybridized carbons (Fsp3) is 0.419. The number of aromatic hydroxyl groups is 1. The van der Waals surface area contributed by atoms with Gasteiger partial charge < -0.3 is 15.3 Å². The molecule has 1 spiro atoms. The van der Waals surface area contributed by atoms with Crippen molar-refractivity contribution in [3.8, 4) is 17.1 Å². The van der Waals surface area contributed by atoms with E-state index in [2.05, 4.69) is 20.0 Å². The molecule has 10 nitrogen and oxygen atoms in total. The van der Waals surface area contributed by atoms with Crippen LogP contribution in [0.15, 0.2) is 53.4 Å². The van der Waals surface area contributed by atoms with Crippen LogP contribution in [0.25, 0.3) is 11.3 Å². The number of rotatable bonds is 8. The maximum absolute atomic E-state index is 13.3. The first-order valence-electron chi connectivity index (χ1n) is 14.1. The van der Waals surface area contributed by atoms with E-state index >= 15 is 0 Å². The minimum atomic E-state index is -4.17. The third-order valence-electron chi connectivity index (χ3n) is 8.50. The Morgan fingerprint density at radius 2 is 1.64 bits per heavy atom. The summed E-state index contributed by atoms with van der Waals surface area (Å²) in [7, 11) is -2.43. The van der Waals surface area contributed by atoms with Crippen molar-refractivity contribution in [3.63, 3.8) is 0 Å². The molecular formula is C31H37N5O5S. The van der Waals surface area contributed by atoms with Gasteiger partial charge in [0.05, 0.1) is 10.6 Å². The summed E-state index contributed by atoms with van der Waals surface area (Å²) in [5.41, 5.74) is 3.43. The zero-order valence-electron chi connectivity index (χ0n) is 24.5. The van der Waals surface area contributed by atoms with Crippen molar-refractivity contribution in [2.24, 2.45) is 11.3 Å². The second kappa shape index (κ2) is 11.0. The topological polar surface area (TPSA) is 142 Å². The van der Waals surface area contributed by atoms with Gasteiger partial charge in [-0.3, -0.25) is 9.59 Å². The van der Waals surface area contributed by atoms with Gasteiger partial charge in [-0.25, -0.2) is 18.1 Å². The highest BCUT2D eigenvalue weighted by Gasteiger charge is 2.54. The fourth-order valence-corrected chi connectivity index (χ4v) is 7.16. The van der Waals surface area contributed by atoms with Crippen molar-refractivity contribution in [2.75, 3.05) is 11.8 Å². The predicted octanol–water partition coefficient (Wildman–Crippen LogP) is 4.42. The first-order chi connectivity index (χ1) is 19.8. The van der Waals surface area contributed by atoms with Gasteiger partial charge in [0.25, 0.3) is 15.9 Å². The Kier molecular flexibility index (Phi) is 7.74. The second-order valence-electron chi connectivity index (χ2n) is 12.1. The summed E-state index contributed by atoms with van der Waals surface area (Å²) in [5.74, 6) is -0.877. The van der Waals surface area contributed by atoms with Crippen LogP contribution in [0.4, 0.5) is 5.95 Å². The van der Waals surface area contributed by atoms with Crippen LogP contribution in [-0.2, 0) is 14.8 Å². The summed E-state index contributed by atoms with van der Waals surface area (Å²) in [6.45, 7) is 7.57. The van der Waals surface area contributed by atoms with E-state index in [9.17, 15) is 23.1 Å². The highest BCUT2D eigenvalue weighted by atomic mass is 32.2. The van der Waals surface area contributed by atoms with Crippen LogP contribution >= 0.6 is 0 Å². The molecule has 11 heteroatoms. The molecule has 1 heterocycles. The number of carbonyl (C=O) groups is 2. The van der Waals surface area contributed by atoms with E-state index in [-0.39, 0.29) is 57.5 Å². The lowest BCUT2D eigenvalue weighted by molar-refractivity contribution is -0.128.